The summed E-state index contributed by atoms with van der Waals surface area (Å²) in [5.74, 6) is 0.153. The summed E-state index contributed by atoms with van der Waals surface area (Å²) in [5, 5.41) is 0. The Kier molecular flexibility index (Phi) is 6.70. The summed E-state index contributed by atoms with van der Waals surface area (Å²) >= 11 is 0. The average Bonchev–Trinajstić information content (AvgIpc) is 3.00. The molecule has 3 rings (SSSR count). The molecule has 0 radical (unpaired) electrons. The van der Waals surface area contributed by atoms with Gasteiger partial charge in [-0.1, -0.05) is 45.0 Å². The Balaban J connectivity index is 1.63. The van der Waals surface area contributed by atoms with Crippen molar-refractivity contribution in [2.75, 3.05) is 45.5 Å². The number of rotatable bonds is 4. The van der Waals surface area contributed by atoms with Gasteiger partial charge in [-0.25, -0.2) is 12.7 Å². The van der Waals surface area contributed by atoms with Crippen molar-refractivity contribution in [1.82, 2.24) is 14.1 Å². The van der Waals surface area contributed by atoms with Crippen molar-refractivity contribution in [3.8, 4) is 0 Å². The monoisotopic (exact) mass is 421 g/mol. The Labute approximate surface area is 175 Å². The van der Waals surface area contributed by atoms with Crippen LogP contribution in [-0.2, 0) is 20.2 Å². The van der Waals surface area contributed by atoms with Crippen LogP contribution in [0.2, 0.25) is 0 Å². The van der Waals surface area contributed by atoms with Gasteiger partial charge in [0, 0.05) is 26.2 Å². The molecule has 0 aliphatic carbocycles. The lowest BCUT2D eigenvalue weighted by molar-refractivity contribution is -0.133. The number of benzene rings is 1. The molecule has 2 saturated heterocycles. The van der Waals surface area contributed by atoms with Crippen LogP contribution in [0.1, 0.15) is 57.2 Å². The number of carbonyl (C=O) groups excluding carboxylic acids is 1. The van der Waals surface area contributed by atoms with E-state index in [1.807, 2.05) is 4.90 Å². The highest BCUT2D eigenvalue weighted by atomic mass is 32.2. The molecule has 0 spiro atoms. The third-order valence-electron chi connectivity index (χ3n) is 6.11. The molecule has 1 amide bonds. The number of sulfonamides is 1. The molecule has 7 heteroatoms. The zero-order valence-electron chi connectivity index (χ0n) is 18.2. The number of amides is 1. The minimum Gasteiger partial charge on any atom is -0.335 e. The molecular formula is C22H35N3O3S. The van der Waals surface area contributed by atoms with Gasteiger partial charge in [0.15, 0.2) is 0 Å². The van der Waals surface area contributed by atoms with Gasteiger partial charge in [-0.15, -0.1) is 0 Å². The lowest BCUT2D eigenvalue weighted by Crippen LogP contribution is -2.41. The molecule has 2 aliphatic rings. The van der Waals surface area contributed by atoms with E-state index >= 15 is 0 Å². The first-order chi connectivity index (χ1) is 13.6. The van der Waals surface area contributed by atoms with Crippen molar-refractivity contribution in [3.63, 3.8) is 0 Å². The molecule has 29 heavy (non-hydrogen) atoms. The normalized spacial score (nSPS) is 22.6. The molecule has 162 valence electrons. The van der Waals surface area contributed by atoms with Gasteiger partial charge in [0.1, 0.15) is 0 Å². The summed E-state index contributed by atoms with van der Waals surface area (Å²) in [6, 6.07) is 8.87. The maximum Gasteiger partial charge on any atom is 0.237 e. The van der Waals surface area contributed by atoms with Crippen molar-refractivity contribution in [1.29, 1.82) is 0 Å². The minimum atomic E-state index is -3.16. The van der Waals surface area contributed by atoms with Gasteiger partial charge >= 0.3 is 0 Å². The Hall–Kier alpha value is -1.44. The number of hydrogen-bond acceptors (Lipinski definition) is 4. The molecule has 1 aromatic rings. The van der Waals surface area contributed by atoms with Crippen molar-refractivity contribution in [3.05, 3.63) is 35.4 Å². The first-order valence-corrected chi connectivity index (χ1v) is 12.5. The maximum absolute atomic E-state index is 13.1. The zero-order chi connectivity index (χ0) is 21.2. The van der Waals surface area contributed by atoms with E-state index < -0.39 is 10.0 Å². The second kappa shape index (κ2) is 8.74. The predicted molar refractivity (Wildman–Crippen MR) is 116 cm³/mol. The molecule has 0 aromatic heterocycles. The highest BCUT2D eigenvalue weighted by Crippen LogP contribution is 2.33. The lowest BCUT2D eigenvalue weighted by Gasteiger charge is -2.29. The SMILES string of the molecule is CC(C)(C)c1ccc(C2CCCN2C(=O)CN2CCCN(S(C)(=O)=O)CC2)cc1. The zero-order valence-corrected chi connectivity index (χ0v) is 19.0. The van der Waals surface area contributed by atoms with Crippen LogP contribution in [0.25, 0.3) is 0 Å². The van der Waals surface area contributed by atoms with Crippen LogP contribution in [0.5, 0.6) is 0 Å². The summed E-state index contributed by atoms with van der Waals surface area (Å²) in [7, 11) is -3.16. The van der Waals surface area contributed by atoms with Gasteiger partial charge in [0.25, 0.3) is 0 Å². The molecule has 1 unspecified atom stereocenters. The van der Waals surface area contributed by atoms with E-state index in [0.29, 0.717) is 26.2 Å². The summed E-state index contributed by atoms with van der Waals surface area (Å²) in [4.78, 5) is 17.2. The number of carbonyl (C=O) groups is 1. The van der Waals surface area contributed by atoms with E-state index in [1.165, 1.54) is 21.7 Å². The molecule has 0 N–H and O–H groups in total. The lowest BCUT2D eigenvalue weighted by atomic mass is 9.86. The molecule has 0 saturated carbocycles. The van der Waals surface area contributed by atoms with Gasteiger partial charge in [-0.3, -0.25) is 9.69 Å². The molecule has 1 aromatic carbocycles. The second-order valence-electron chi connectivity index (χ2n) is 9.41. The molecule has 2 fully saturated rings. The average molecular weight is 422 g/mol. The number of likely N-dealkylation sites (tertiary alicyclic amines) is 1. The summed E-state index contributed by atoms with van der Waals surface area (Å²) < 4.78 is 25.1. The fourth-order valence-electron chi connectivity index (χ4n) is 4.34. The predicted octanol–water partition coefficient (Wildman–Crippen LogP) is 2.61. The van der Waals surface area contributed by atoms with Crippen molar-refractivity contribution in [2.24, 2.45) is 0 Å². The molecular weight excluding hydrogens is 386 g/mol. The Morgan fingerprint density at radius 3 is 2.31 bits per heavy atom. The van der Waals surface area contributed by atoms with Gasteiger partial charge in [-0.05, 0) is 42.3 Å². The van der Waals surface area contributed by atoms with E-state index in [9.17, 15) is 13.2 Å². The minimum absolute atomic E-state index is 0.121. The second-order valence-corrected chi connectivity index (χ2v) is 11.4. The third kappa shape index (κ3) is 5.58. The van der Waals surface area contributed by atoms with E-state index in [2.05, 4.69) is 49.9 Å². The largest absolute Gasteiger partial charge is 0.335 e. The highest BCUT2D eigenvalue weighted by Gasteiger charge is 2.31. The number of hydrogen-bond donors (Lipinski definition) is 0. The van der Waals surface area contributed by atoms with Crippen molar-refractivity contribution in [2.45, 2.75) is 51.5 Å². The van der Waals surface area contributed by atoms with Crippen LogP contribution >= 0.6 is 0 Å². The van der Waals surface area contributed by atoms with E-state index in [1.54, 1.807) is 0 Å². The summed E-state index contributed by atoms with van der Waals surface area (Å²) in [5.41, 5.74) is 2.64. The van der Waals surface area contributed by atoms with Crippen molar-refractivity contribution >= 4 is 15.9 Å². The summed E-state index contributed by atoms with van der Waals surface area (Å²) in [6.07, 6.45) is 4.05. The summed E-state index contributed by atoms with van der Waals surface area (Å²) in [6.45, 7) is 10.2. The molecule has 6 nitrogen and oxygen atoms in total. The first kappa shape index (κ1) is 22.2. The molecule has 1 atom stereocenters. The van der Waals surface area contributed by atoms with Gasteiger partial charge in [0.05, 0.1) is 18.8 Å². The Morgan fingerprint density at radius 1 is 1.00 bits per heavy atom. The van der Waals surface area contributed by atoms with Crippen LogP contribution in [0, 0.1) is 0 Å². The van der Waals surface area contributed by atoms with Gasteiger partial charge in [0.2, 0.25) is 15.9 Å². The van der Waals surface area contributed by atoms with Crippen molar-refractivity contribution < 1.29 is 13.2 Å². The van der Waals surface area contributed by atoms with Crippen LogP contribution in [0.4, 0.5) is 0 Å². The topological polar surface area (TPSA) is 60.9 Å². The fraction of sp³-hybridized carbons (Fsp3) is 0.682. The van der Waals surface area contributed by atoms with E-state index in [0.717, 1.165) is 32.4 Å². The Morgan fingerprint density at radius 2 is 1.69 bits per heavy atom. The third-order valence-corrected chi connectivity index (χ3v) is 7.41. The van der Waals surface area contributed by atoms with Gasteiger partial charge in [-0.2, -0.15) is 0 Å². The molecule has 2 heterocycles. The van der Waals surface area contributed by atoms with Crippen LogP contribution < -0.4 is 0 Å². The Bertz CT molecular complexity index is 815. The van der Waals surface area contributed by atoms with E-state index in [-0.39, 0.29) is 17.4 Å². The fourth-order valence-corrected chi connectivity index (χ4v) is 5.21. The van der Waals surface area contributed by atoms with Gasteiger partial charge < -0.3 is 4.90 Å². The van der Waals surface area contributed by atoms with E-state index in [4.69, 9.17) is 0 Å². The quantitative estimate of drug-likeness (QED) is 0.750. The van der Waals surface area contributed by atoms with Crippen LogP contribution in [0.15, 0.2) is 24.3 Å². The smallest absolute Gasteiger partial charge is 0.237 e. The first-order valence-electron chi connectivity index (χ1n) is 10.6. The molecule has 0 bridgehead atoms. The van der Waals surface area contributed by atoms with Crippen LogP contribution in [-0.4, -0.2) is 74.0 Å². The standard InChI is InChI=1S/C22H35N3O3S/c1-22(2,3)19-10-8-18(9-11-19)20-7-5-14-25(20)21(26)17-23-12-6-13-24(16-15-23)29(4,27)28/h8-11,20H,5-7,12-17H2,1-4H3. The molecule has 2 aliphatic heterocycles. The highest BCUT2D eigenvalue weighted by molar-refractivity contribution is 7.88. The maximum atomic E-state index is 13.1. The van der Waals surface area contributed by atoms with Crippen LogP contribution in [0.3, 0.4) is 0 Å². The number of nitrogens with zero attached hydrogens (tertiary/aromatic N) is 3.